The monoisotopic (exact) mass is 131 g/mol. The summed E-state index contributed by atoms with van der Waals surface area (Å²) in [4.78, 5) is 10.6. The molecular weight excluding hydrogens is 118 g/mol. The van der Waals surface area contributed by atoms with Crippen LogP contribution in [0, 0.1) is 5.92 Å². The van der Waals surface area contributed by atoms with Gasteiger partial charge in [0, 0.05) is 5.92 Å². The minimum Gasteiger partial charge on any atom is -0.389 e. The molecule has 3 nitrogen and oxygen atoms in total. The second kappa shape index (κ2) is 4.47. The first kappa shape index (κ1) is 8.59. The van der Waals surface area contributed by atoms with Crippen LogP contribution in [0.4, 0.5) is 0 Å². The fraction of sp³-hybridized carbons (Fsp3) is 0.833. The first-order chi connectivity index (χ1) is 4.22. The first-order valence-electron chi connectivity index (χ1n) is 3.06. The molecule has 0 fully saturated rings. The normalized spacial score (nSPS) is 13.2. The van der Waals surface area contributed by atoms with Crippen LogP contribution in [0.2, 0.25) is 0 Å². The van der Waals surface area contributed by atoms with Crippen molar-refractivity contribution in [2.75, 3.05) is 13.2 Å². The largest absolute Gasteiger partial charge is 0.389 e. The second-order valence-electron chi connectivity index (χ2n) is 2.10. The van der Waals surface area contributed by atoms with Gasteiger partial charge < -0.3 is 10.8 Å². The summed E-state index contributed by atoms with van der Waals surface area (Å²) in [5, 5.41) is 8.34. The van der Waals surface area contributed by atoms with E-state index >= 15 is 0 Å². The van der Waals surface area contributed by atoms with Gasteiger partial charge in [-0.15, -0.1) is 0 Å². The molecule has 0 spiro atoms. The van der Waals surface area contributed by atoms with Crippen LogP contribution in [0.3, 0.4) is 0 Å². The van der Waals surface area contributed by atoms with Gasteiger partial charge in [-0.3, -0.25) is 4.79 Å². The predicted molar refractivity (Wildman–Crippen MR) is 34.9 cm³/mol. The van der Waals surface area contributed by atoms with Crippen molar-refractivity contribution in [3.8, 4) is 0 Å². The molecule has 0 bridgehead atoms. The summed E-state index contributed by atoms with van der Waals surface area (Å²) < 4.78 is 0. The summed E-state index contributed by atoms with van der Waals surface area (Å²) in [5.74, 6) is -0.208. The summed E-state index contributed by atoms with van der Waals surface area (Å²) >= 11 is 0. The molecule has 0 rings (SSSR count). The first-order valence-corrected chi connectivity index (χ1v) is 3.06. The Bertz CT molecular complexity index is 93.1. The number of hydrogen-bond acceptors (Lipinski definition) is 3. The lowest BCUT2D eigenvalue weighted by Crippen LogP contribution is -2.18. The maximum absolute atomic E-state index is 10.6. The lowest BCUT2D eigenvalue weighted by atomic mass is 10.0. The Hall–Kier alpha value is -0.410. The minimum absolute atomic E-state index is 0.0833. The van der Waals surface area contributed by atoms with Gasteiger partial charge in [0.15, 0.2) is 5.78 Å². The molecule has 0 saturated heterocycles. The van der Waals surface area contributed by atoms with E-state index in [1.165, 1.54) is 0 Å². The molecule has 0 aromatic carbocycles. The van der Waals surface area contributed by atoms with Crippen LogP contribution in [0.5, 0.6) is 0 Å². The molecule has 3 heteroatoms. The smallest absolute Gasteiger partial charge is 0.161 e. The van der Waals surface area contributed by atoms with E-state index in [0.717, 1.165) is 0 Å². The summed E-state index contributed by atoms with van der Waals surface area (Å²) in [7, 11) is 0. The fourth-order valence-corrected chi connectivity index (χ4v) is 0.567. The standard InChI is InChI=1S/C6H13NO2/c1-5(2-3-7)6(9)4-8/h5,8H,2-4,7H2,1H3/t5-/m1/s1. The zero-order valence-corrected chi connectivity index (χ0v) is 5.63. The van der Waals surface area contributed by atoms with Crippen LogP contribution < -0.4 is 5.73 Å². The van der Waals surface area contributed by atoms with Gasteiger partial charge >= 0.3 is 0 Å². The number of aliphatic hydroxyl groups is 1. The van der Waals surface area contributed by atoms with Crippen LogP contribution in [0.1, 0.15) is 13.3 Å². The van der Waals surface area contributed by atoms with E-state index < -0.39 is 0 Å². The van der Waals surface area contributed by atoms with Crippen LogP contribution in [-0.4, -0.2) is 24.0 Å². The van der Waals surface area contributed by atoms with Crippen molar-refractivity contribution in [1.29, 1.82) is 0 Å². The molecule has 54 valence electrons. The molecule has 0 unspecified atom stereocenters. The Morgan fingerprint density at radius 2 is 2.33 bits per heavy atom. The van der Waals surface area contributed by atoms with Crippen LogP contribution in [0.25, 0.3) is 0 Å². The summed E-state index contributed by atoms with van der Waals surface area (Å²) in [6, 6.07) is 0. The molecule has 0 aromatic heterocycles. The highest BCUT2D eigenvalue weighted by atomic mass is 16.3. The number of aliphatic hydroxyl groups excluding tert-OH is 1. The van der Waals surface area contributed by atoms with E-state index in [2.05, 4.69) is 0 Å². The zero-order valence-electron chi connectivity index (χ0n) is 5.63. The molecular formula is C6H13NO2. The van der Waals surface area contributed by atoms with Crippen molar-refractivity contribution in [3.63, 3.8) is 0 Å². The average Bonchev–Trinajstić information content (AvgIpc) is 1.87. The van der Waals surface area contributed by atoms with Crippen molar-refractivity contribution < 1.29 is 9.90 Å². The van der Waals surface area contributed by atoms with E-state index in [1.807, 2.05) is 0 Å². The number of ketones is 1. The Morgan fingerprint density at radius 3 is 2.67 bits per heavy atom. The van der Waals surface area contributed by atoms with E-state index in [0.29, 0.717) is 13.0 Å². The molecule has 0 aliphatic heterocycles. The number of carbonyl (C=O) groups excluding carboxylic acids is 1. The predicted octanol–water partition coefficient (Wildman–Crippen LogP) is -0.467. The van der Waals surface area contributed by atoms with Gasteiger partial charge in [0.1, 0.15) is 6.61 Å². The Balaban J connectivity index is 3.45. The Kier molecular flexibility index (Phi) is 4.26. The molecule has 0 radical (unpaired) electrons. The van der Waals surface area contributed by atoms with Gasteiger partial charge in [-0.2, -0.15) is 0 Å². The van der Waals surface area contributed by atoms with Crippen LogP contribution in [-0.2, 0) is 4.79 Å². The Labute approximate surface area is 54.9 Å². The van der Waals surface area contributed by atoms with E-state index in [-0.39, 0.29) is 18.3 Å². The van der Waals surface area contributed by atoms with Gasteiger partial charge in [-0.25, -0.2) is 0 Å². The van der Waals surface area contributed by atoms with Gasteiger partial charge in [-0.05, 0) is 13.0 Å². The van der Waals surface area contributed by atoms with Crippen molar-refractivity contribution in [2.45, 2.75) is 13.3 Å². The van der Waals surface area contributed by atoms with Crippen LogP contribution >= 0.6 is 0 Å². The molecule has 0 heterocycles. The summed E-state index contributed by atoms with van der Waals surface area (Å²) in [6.45, 7) is 1.92. The van der Waals surface area contributed by atoms with Crippen LogP contribution in [0.15, 0.2) is 0 Å². The number of nitrogens with two attached hydrogens (primary N) is 1. The second-order valence-corrected chi connectivity index (χ2v) is 2.10. The molecule has 0 aliphatic carbocycles. The van der Waals surface area contributed by atoms with Crippen molar-refractivity contribution in [2.24, 2.45) is 11.7 Å². The molecule has 0 saturated carbocycles. The molecule has 0 amide bonds. The lowest BCUT2D eigenvalue weighted by Gasteiger charge is -2.04. The molecule has 0 aromatic rings. The molecule has 0 aliphatic rings. The zero-order chi connectivity index (χ0) is 7.28. The van der Waals surface area contributed by atoms with E-state index in [9.17, 15) is 4.79 Å². The maximum atomic E-state index is 10.6. The lowest BCUT2D eigenvalue weighted by molar-refractivity contribution is -0.125. The van der Waals surface area contributed by atoms with Gasteiger partial charge in [-0.1, -0.05) is 6.92 Å². The number of rotatable bonds is 4. The maximum Gasteiger partial charge on any atom is 0.161 e. The van der Waals surface area contributed by atoms with Gasteiger partial charge in [0.2, 0.25) is 0 Å². The highest BCUT2D eigenvalue weighted by molar-refractivity contribution is 5.81. The van der Waals surface area contributed by atoms with Crippen molar-refractivity contribution in [1.82, 2.24) is 0 Å². The minimum atomic E-state index is -0.360. The van der Waals surface area contributed by atoms with E-state index in [1.54, 1.807) is 6.92 Å². The number of hydrogen-bond donors (Lipinski definition) is 2. The molecule has 9 heavy (non-hydrogen) atoms. The quantitative estimate of drug-likeness (QED) is 0.542. The van der Waals surface area contributed by atoms with Crippen molar-refractivity contribution >= 4 is 5.78 Å². The van der Waals surface area contributed by atoms with Gasteiger partial charge in [0.25, 0.3) is 0 Å². The average molecular weight is 131 g/mol. The summed E-state index contributed by atoms with van der Waals surface area (Å²) in [6.07, 6.45) is 0.666. The van der Waals surface area contributed by atoms with Crippen molar-refractivity contribution in [3.05, 3.63) is 0 Å². The highest BCUT2D eigenvalue weighted by Gasteiger charge is 2.08. The third kappa shape index (κ3) is 3.21. The molecule has 1 atom stereocenters. The number of carbonyl (C=O) groups is 1. The Morgan fingerprint density at radius 1 is 1.78 bits per heavy atom. The third-order valence-electron chi connectivity index (χ3n) is 1.31. The SMILES string of the molecule is C[C@H](CCN)C(=O)CO. The summed E-state index contributed by atoms with van der Waals surface area (Å²) in [5.41, 5.74) is 5.19. The molecule has 3 N–H and O–H groups in total. The fourth-order valence-electron chi connectivity index (χ4n) is 0.567. The third-order valence-corrected chi connectivity index (χ3v) is 1.31. The van der Waals surface area contributed by atoms with Gasteiger partial charge in [0.05, 0.1) is 0 Å². The van der Waals surface area contributed by atoms with E-state index in [4.69, 9.17) is 10.8 Å². The topological polar surface area (TPSA) is 63.3 Å². The highest BCUT2D eigenvalue weighted by Crippen LogP contribution is 1.99. The number of Topliss-reactive ketones (excluding diaryl/α,β-unsaturated/α-hetero) is 1.